The van der Waals surface area contributed by atoms with Crippen molar-refractivity contribution in [3.05, 3.63) is 30.1 Å². The van der Waals surface area contributed by atoms with E-state index in [0.29, 0.717) is 12.1 Å². The number of thiocarbonyl (C=S) groups is 1. The summed E-state index contributed by atoms with van der Waals surface area (Å²) in [5, 5.41) is 3.10. The Morgan fingerprint density at radius 2 is 1.88 bits per heavy atom. The molecule has 0 aromatic heterocycles. The molecule has 1 aliphatic rings. The van der Waals surface area contributed by atoms with Crippen LogP contribution in [0.1, 0.15) is 20.3 Å². The van der Waals surface area contributed by atoms with Gasteiger partial charge >= 0.3 is 0 Å². The number of amides is 1. The lowest BCUT2D eigenvalue weighted by molar-refractivity contribution is -0.914. The van der Waals surface area contributed by atoms with Crippen molar-refractivity contribution in [1.82, 2.24) is 10.9 Å². The molecule has 1 aromatic rings. The number of morpholine rings is 1. The Labute approximate surface area is 146 Å². The number of carbonyl (C=O) groups is 1. The number of quaternary nitrogens is 1. The lowest BCUT2D eigenvalue weighted by Crippen LogP contribution is -3.15. The number of anilines is 1. The standard InChI is InChI=1S/C16H23FN4O2S/c1-11-9-21(10-12(2)23-11)8-7-15(22)19-20-16(24)18-14-5-3-13(17)4-6-14/h3-6,11-12H,7-10H2,1-2H3,(H,19,22)(H2,18,20,24)/p+1/t11-,12-/m1/s1. The predicted octanol–water partition coefficient (Wildman–Crippen LogP) is 0.226. The first-order chi connectivity index (χ1) is 11.4. The van der Waals surface area contributed by atoms with E-state index in [0.717, 1.165) is 19.6 Å². The number of nitrogens with one attached hydrogen (secondary N) is 4. The molecule has 6 nitrogen and oxygen atoms in total. The number of hydrogen-bond donors (Lipinski definition) is 4. The van der Waals surface area contributed by atoms with Crippen molar-refractivity contribution in [2.75, 3.05) is 25.0 Å². The second kappa shape index (κ2) is 8.91. The summed E-state index contributed by atoms with van der Waals surface area (Å²) < 4.78 is 18.5. The van der Waals surface area contributed by atoms with Gasteiger partial charge in [0.15, 0.2) is 5.11 Å². The number of halogens is 1. The van der Waals surface area contributed by atoms with Crippen LogP contribution in [0.2, 0.25) is 0 Å². The second-order valence-electron chi connectivity index (χ2n) is 6.05. The van der Waals surface area contributed by atoms with Crippen molar-refractivity contribution in [3.63, 3.8) is 0 Å². The van der Waals surface area contributed by atoms with E-state index in [1.165, 1.54) is 17.0 Å². The Hall–Kier alpha value is -1.77. The van der Waals surface area contributed by atoms with Crippen molar-refractivity contribution >= 4 is 28.9 Å². The van der Waals surface area contributed by atoms with Crippen molar-refractivity contribution in [2.45, 2.75) is 32.5 Å². The number of ether oxygens (including phenoxy) is 1. The first-order valence-electron chi connectivity index (χ1n) is 8.03. The van der Waals surface area contributed by atoms with Crippen LogP contribution in [0.25, 0.3) is 0 Å². The van der Waals surface area contributed by atoms with Crippen LogP contribution >= 0.6 is 12.2 Å². The molecule has 1 aliphatic heterocycles. The zero-order valence-electron chi connectivity index (χ0n) is 13.9. The molecule has 0 bridgehead atoms. The van der Waals surface area contributed by atoms with Gasteiger partial charge in [0.25, 0.3) is 0 Å². The Morgan fingerprint density at radius 3 is 2.50 bits per heavy atom. The topological polar surface area (TPSA) is 66.8 Å². The summed E-state index contributed by atoms with van der Waals surface area (Å²) in [5.41, 5.74) is 5.85. The average Bonchev–Trinajstić information content (AvgIpc) is 2.52. The third-order valence-corrected chi connectivity index (χ3v) is 3.94. The highest BCUT2D eigenvalue weighted by Gasteiger charge is 2.25. The van der Waals surface area contributed by atoms with Crippen LogP contribution < -0.4 is 21.1 Å². The van der Waals surface area contributed by atoms with Gasteiger partial charge in [-0.1, -0.05) is 0 Å². The number of carbonyl (C=O) groups excluding carboxylic acids is 1. The smallest absolute Gasteiger partial charge is 0.244 e. The second-order valence-corrected chi connectivity index (χ2v) is 6.46. The van der Waals surface area contributed by atoms with Gasteiger partial charge in [0.2, 0.25) is 5.91 Å². The Bertz CT molecular complexity index is 560. The van der Waals surface area contributed by atoms with E-state index < -0.39 is 0 Å². The van der Waals surface area contributed by atoms with E-state index in [1.54, 1.807) is 12.1 Å². The van der Waals surface area contributed by atoms with Crippen molar-refractivity contribution in [2.24, 2.45) is 0 Å². The van der Waals surface area contributed by atoms with E-state index >= 15 is 0 Å². The molecular weight excluding hydrogens is 331 g/mol. The van der Waals surface area contributed by atoms with E-state index in [4.69, 9.17) is 17.0 Å². The van der Waals surface area contributed by atoms with E-state index in [-0.39, 0.29) is 29.0 Å². The van der Waals surface area contributed by atoms with Gasteiger partial charge in [-0.3, -0.25) is 15.6 Å². The lowest BCUT2D eigenvalue weighted by atomic mass is 10.2. The van der Waals surface area contributed by atoms with E-state index in [9.17, 15) is 9.18 Å². The third-order valence-electron chi connectivity index (χ3n) is 3.74. The maximum atomic E-state index is 12.8. The summed E-state index contributed by atoms with van der Waals surface area (Å²) in [7, 11) is 0. The summed E-state index contributed by atoms with van der Waals surface area (Å²) >= 11 is 5.08. The normalized spacial score (nSPS) is 23.4. The summed E-state index contributed by atoms with van der Waals surface area (Å²) in [6.07, 6.45) is 0.843. The third kappa shape index (κ3) is 6.38. The largest absolute Gasteiger partial charge is 0.364 e. The fourth-order valence-corrected chi connectivity index (χ4v) is 2.94. The maximum absolute atomic E-state index is 12.8. The lowest BCUT2D eigenvalue weighted by Gasteiger charge is -2.32. The van der Waals surface area contributed by atoms with Gasteiger partial charge in [0.1, 0.15) is 31.1 Å². The van der Waals surface area contributed by atoms with Crippen LogP contribution in [-0.2, 0) is 9.53 Å². The Kier molecular flexibility index (Phi) is 6.89. The average molecular weight is 355 g/mol. The molecular formula is C16H24FN4O2S+. The number of benzene rings is 1. The zero-order chi connectivity index (χ0) is 17.5. The monoisotopic (exact) mass is 355 g/mol. The fraction of sp³-hybridized carbons (Fsp3) is 0.500. The van der Waals surface area contributed by atoms with Crippen LogP contribution in [0.15, 0.2) is 24.3 Å². The van der Waals surface area contributed by atoms with Gasteiger partial charge in [0, 0.05) is 5.69 Å². The minimum Gasteiger partial charge on any atom is -0.364 e. The van der Waals surface area contributed by atoms with Crippen molar-refractivity contribution in [1.29, 1.82) is 0 Å². The molecule has 1 amide bonds. The predicted molar refractivity (Wildman–Crippen MR) is 94.1 cm³/mol. The molecule has 1 fully saturated rings. The maximum Gasteiger partial charge on any atom is 0.244 e. The highest BCUT2D eigenvalue weighted by Crippen LogP contribution is 2.07. The van der Waals surface area contributed by atoms with Crippen molar-refractivity contribution < 1.29 is 18.8 Å². The zero-order valence-corrected chi connectivity index (χ0v) is 14.7. The highest BCUT2D eigenvalue weighted by molar-refractivity contribution is 7.80. The molecule has 0 spiro atoms. The van der Waals surface area contributed by atoms with Crippen LogP contribution in [0.5, 0.6) is 0 Å². The van der Waals surface area contributed by atoms with Gasteiger partial charge in [-0.15, -0.1) is 0 Å². The molecule has 2 rings (SSSR count). The molecule has 24 heavy (non-hydrogen) atoms. The molecule has 2 atom stereocenters. The molecule has 0 saturated carbocycles. The molecule has 1 aromatic carbocycles. The van der Waals surface area contributed by atoms with Gasteiger partial charge < -0.3 is 15.0 Å². The SMILES string of the molecule is C[C@@H]1C[NH+](CCC(=O)NNC(=S)Nc2ccc(F)cc2)C[C@@H](C)O1. The summed E-state index contributed by atoms with van der Waals surface area (Å²) in [6, 6.07) is 5.79. The molecule has 8 heteroatoms. The quantitative estimate of drug-likeness (QED) is 0.460. The first-order valence-corrected chi connectivity index (χ1v) is 8.43. The highest BCUT2D eigenvalue weighted by atomic mass is 32.1. The van der Waals surface area contributed by atoms with E-state index in [1.807, 2.05) is 0 Å². The number of rotatable bonds is 4. The number of hydrazine groups is 1. The first kappa shape index (κ1) is 18.6. The van der Waals surface area contributed by atoms with Crippen LogP contribution in [0.4, 0.5) is 10.1 Å². The Morgan fingerprint density at radius 1 is 1.25 bits per heavy atom. The molecule has 0 radical (unpaired) electrons. The molecule has 4 N–H and O–H groups in total. The summed E-state index contributed by atoms with van der Waals surface area (Å²) in [5.74, 6) is -0.445. The fourth-order valence-electron chi connectivity index (χ4n) is 2.77. The van der Waals surface area contributed by atoms with Crippen LogP contribution in [-0.4, -0.2) is 42.9 Å². The van der Waals surface area contributed by atoms with Crippen molar-refractivity contribution in [3.8, 4) is 0 Å². The molecule has 1 saturated heterocycles. The summed E-state index contributed by atoms with van der Waals surface area (Å²) in [4.78, 5) is 13.3. The Balaban J connectivity index is 1.65. The summed E-state index contributed by atoms with van der Waals surface area (Å²) in [6.45, 7) is 6.68. The van der Waals surface area contributed by atoms with Gasteiger partial charge in [-0.2, -0.15) is 0 Å². The minimum absolute atomic E-state index is 0.127. The van der Waals surface area contributed by atoms with Gasteiger partial charge in [0.05, 0.1) is 13.0 Å². The minimum atomic E-state index is -0.318. The molecule has 0 aliphatic carbocycles. The molecule has 0 unspecified atom stereocenters. The number of hydrogen-bond acceptors (Lipinski definition) is 3. The van der Waals surface area contributed by atoms with Crippen LogP contribution in [0.3, 0.4) is 0 Å². The van der Waals surface area contributed by atoms with Gasteiger partial charge in [-0.05, 0) is 50.3 Å². The van der Waals surface area contributed by atoms with Crippen LogP contribution in [0, 0.1) is 5.82 Å². The van der Waals surface area contributed by atoms with Gasteiger partial charge in [-0.25, -0.2) is 4.39 Å². The molecule has 1 heterocycles. The molecule has 132 valence electrons. The van der Waals surface area contributed by atoms with E-state index in [2.05, 4.69) is 30.0 Å².